The maximum Gasteiger partial charge on any atom is 0.359 e. The smallest absolute Gasteiger partial charge is 0.359 e. The van der Waals surface area contributed by atoms with Crippen molar-refractivity contribution in [3.63, 3.8) is 0 Å². The van der Waals surface area contributed by atoms with Crippen LogP contribution in [0.4, 0.5) is 0 Å². The molecule has 31 heavy (non-hydrogen) atoms. The standard InChI is InChI=1S/C23H22N4O4/c1-23(2,3)22-24-18(31-26-22)14-30-21(29)19-16-11-7-8-12-17(16)20(28)27(25-19)13-15-9-5-4-6-10-15/h4-12H,13-14H2,1-3H3. The van der Waals surface area contributed by atoms with Crippen LogP contribution in [-0.2, 0) is 23.3 Å². The fourth-order valence-corrected chi connectivity index (χ4v) is 3.06. The first-order chi connectivity index (χ1) is 14.8. The second-order valence-corrected chi connectivity index (χ2v) is 8.18. The predicted molar refractivity (Wildman–Crippen MR) is 114 cm³/mol. The van der Waals surface area contributed by atoms with E-state index in [4.69, 9.17) is 9.26 Å². The zero-order chi connectivity index (χ0) is 22.0. The normalized spacial score (nSPS) is 11.6. The van der Waals surface area contributed by atoms with Gasteiger partial charge in [0.1, 0.15) is 0 Å². The molecule has 8 heteroatoms. The van der Waals surface area contributed by atoms with Crippen molar-refractivity contribution >= 4 is 16.7 Å². The summed E-state index contributed by atoms with van der Waals surface area (Å²) in [6.45, 7) is 5.93. The lowest BCUT2D eigenvalue weighted by Crippen LogP contribution is -2.27. The van der Waals surface area contributed by atoms with Crippen LogP contribution in [0.15, 0.2) is 63.9 Å². The summed E-state index contributed by atoms with van der Waals surface area (Å²) in [4.78, 5) is 30.0. The van der Waals surface area contributed by atoms with Crippen molar-refractivity contribution in [3.05, 3.63) is 87.9 Å². The summed E-state index contributed by atoms with van der Waals surface area (Å²) < 4.78 is 11.8. The van der Waals surface area contributed by atoms with Crippen LogP contribution < -0.4 is 5.56 Å². The van der Waals surface area contributed by atoms with Gasteiger partial charge < -0.3 is 9.26 Å². The molecule has 0 unspecified atom stereocenters. The number of ether oxygens (including phenoxy) is 1. The summed E-state index contributed by atoms with van der Waals surface area (Å²) in [6, 6.07) is 16.3. The number of carbonyl (C=O) groups is 1. The van der Waals surface area contributed by atoms with E-state index in [1.807, 2.05) is 51.1 Å². The Balaban J connectivity index is 1.64. The van der Waals surface area contributed by atoms with Crippen molar-refractivity contribution < 1.29 is 14.1 Å². The third-order valence-corrected chi connectivity index (χ3v) is 4.70. The average Bonchev–Trinajstić information content (AvgIpc) is 3.25. The van der Waals surface area contributed by atoms with E-state index < -0.39 is 5.97 Å². The Morgan fingerprint density at radius 1 is 1.03 bits per heavy atom. The molecular formula is C23H22N4O4. The van der Waals surface area contributed by atoms with Crippen LogP contribution in [0.1, 0.15) is 48.5 Å². The Morgan fingerprint density at radius 3 is 2.39 bits per heavy atom. The molecule has 0 radical (unpaired) electrons. The molecule has 0 aliphatic heterocycles. The molecule has 0 saturated carbocycles. The zero-order valence-corrected chi connectivity index (χ0v) is 17.5. The topological polar surface area (TPSA) is 100 Å². The van der Waals surface area contributed by atoms with Gasteiger partial charge in [-0.3, -0.25) is 4.79 Å². The lowest BCUT2D eigenvalue weighted by atomic mass is 9.96. The molecule has 0 fully saturated rings. The summed E-state index contributed by atoms with van der Waals surface area (Å²) in [5.74, 6) is 0.0484. The van der Waals surface area contributed by atoms with Gasteiger partial charge in [-0.25, -0.2) is 9.48 Å². The number of carbonyl (C=O) groups excluding carboxylic acids is 1. The van der Waals surface area contributed by atoms with E-state index in [1.165, 1.54) is 4.68 Å². The molecule has 0 aliphatic rings. The third-order valence-electron chi connectivity index (χ3n) is 4.70. The van der Waals surface area contributed by atoms with Crippen molar-refractivity contribution in [1.82, 2.24) is 19.9 Å². The van der Waals surface area contributed by atoms with Crippen LogP contribution >= 0.6 is 0 Å². The molecule has 2 aromatic carbocycles. The van der Waals surface area contributed by atoms with E-state index in [-0.39, 0.29) is 35.7 Å². The largest absolute Gasteiger partial charge is 0.451 e. The van der Waals surface area contributed by atoms with E-state index in [0.29, 0.717) is 16.6 Å². The van der Waals surface area contributed by atoms with Gasteiger partial charge in [0.25, 0.3) is 11.4 Å². The van der Waals surface area contributed by atoms with Gasteiger partial charge in [0, 0.05) is 10.8 Å². The highest BCUT2D eigenvalue weighted by atomic mass is 16.6. The van der Waals surface area contributed by atoms with Crippen LogP contribution in [0.5, 0.6) is 0 Å². The van der Waals surface area contributed by atoms with Crippen molar-refractivity contribution in [1.29, 1.82) is 0 Å². The molecule has 8 nitrogen and oxygen atoms in total. The van der Waals surface area contributed by atoms with Crippen molar-refractivity contribution in [2.24, 2.45) is 0 Å². The quantitative estimate of drug-likeness (QED) is 0.457. The Bertz CT molecular complexity index is 1290. The fraction of sp³-hybridized carbons (Fsp3) is 0.261. The van der Waals surface area contributed by atoms with E-state index in [2.05, 4.69) is 15.2 Å². The zero-order valence-electron chi connectivity index (χ0n) is 17.5. The number of rotatable bonds is 5. The molecular weight excluding hydrogens is 396 g/mol. The minimum atomic E-state index is -0.673. The first-order valence-electron chi connectivity index (χ1n) is 9.87. The molecule has 4 aromatic rings. The lowest BCUT2D eigenvalue weighted by molar-refractivity contribution is 0.0422. The molecule has 0 amide bonds. The number of hydrogen-bond acceptors (Lipinski definition) is 7. The molecule has 0 spiro atoms. The van der Waals surface area contributed by atoms with Crippen LogP contribution in [-0.4, -0.2) is 25.9 Å². The summed E-state index contributed by atoms with van der Waals surface area (Å²) in [5.41, 5.74) is 0.396. The molecule has 2 aromatic heterocycles. The third kappa shape index (κ3) is 4.37. The molecule has 2 heterocycles. The molecule has 158 valence electrons. The first-order valence-corrected chi connectivity index (χ1v) is 9.87. The summed E-state index contributed by atoms with van der Waals surface area (Å²) >= 11 is 0. The second-order valence-electron chi connectivity index (χ2n) is 8.18. The van der Waals surface area contributed by atoms with Crippen molar-refractivity contribution in [2.45, 2.75) is 39.3 Å². The molecule has 0 saturated heterocycles. The molecule has 4 rings (SSSR count). The number of esters is 1. The van der Waals surface area contributed by atoms with Gasteiger partial charge in [-0.05, 0) is 11.6 Å². The molecule has 0 atom stereocenters. The summed E-state index contributed by atoms with van der Waals surface area (Å²) in [5, 5.41) is 9.07. The number of fused-ring (bicyclic) bond motifs is 1. The summed E-state index contributed by atoms with van der Waals surface area (Å²) in [7, 11) is 0. The number of benzene rings is 2. The van der Waals surface area contributed by atoms with Crippen molar-refractivity contribution in [3.8, 4) is 0 Å². The van der Waals surface area contributed by atoms with Gasteiger partial charge in [0.15, 0.2) is 18.1 Å². The Labute approximate surface area is 178 Å². The fourth-order valence-electron chi connectivity index (χ4n) is 3.06. The SMILES string of the molecule is CC(C)(C)c1noc(COC(=O)c2nn(Cc3ccccc3)c(=O)c3ccccc23)n1. The van der Waals surface area contributed by atoms with Gasteiger partial charge in [0.05, 0.1) is 11.9 Å². The van der Waals surface area contributed by atoms with Gasteiger partial charge in [-0.15, -0.1) is 0 Å². The number of nitrogens with zero attached hydrogens (tertiary/aromatic N) is 4. The highest BCUT2D eigenvalue weighted by Gasteiger charge is 2.23. The minimum Gasteiger partial charge on any atom is -0.451 e. The number of aromatic nitrogens is 4. The van der Waals surface area contributed by atoms with E-state index in [9.17, 15) is 9.59 Å². The van der Waals surface area contributed by atoms with Gasteiger partial charge in [-0.2, -0.15) is 10.1 Å². The summed E-state index contributed by atoms with van der Waals surface area (Å²) in [6.07, 6.45) is 0. The van der Waals surface area contributed by atoms with Crippen LogP contribution in [0, 0.1) is 0 Å². The van der Waals surface area contributed by atoms with Crippen molar-refractivity contribution in [2.75, 3.05) is 0 Å². The van der Waals surface area contributed by atoms with E-state index in [1.54, 1.807) is 24.3 Å². The number of hydrogen-bond donors (Lipinski definition) is 0. The monoisotopic (exact) mass is 418 g/mol. The van der Waals surface area contributed by atoms with Crippen LogP contribution in [0.25, 0.3) is 10.8 Å². The molecule has 0 aliphatic carbocycles. The van der Waals surface area contributed by atoms with E-state index in [0.717, 1.165) is 5.56 Å². The lowest BCUT2D eigenvalue weighted by Gasteiger charge is -2.11. The predicted octanol–water partition coefficient (Wildman–Crippen LogP) is 3.48. The minimum absolute atomic E-state index is 0.0571. The Hall–Kier alpha value is -3.81. The maximum atomic E-state index is 12.9. The molecule has 0 N–H and O–H groups in total. The van der Waals surface area contributed by atoms with E-state index >= 15 is 0 Å². The first kappa shape index (κ1) is 20.5. The van der Waals surface area contributed by atoms with Gasteiger partial charge >= 0.3 is 5.97 Å². The van der Waals surface area contributed by atoms with Gasteiger partial charge in [-0.1, -0.05) is 74.5 Å². The highest BCUT2D eigenvalue weighted by molar-refractivity contribution is 6.02. The Kier molecular flexibility index (Phi) is 5.37. The average molecular weight is 418 g/mol. The van der Waals surface area contributed by atoms with Gasteiger partial charge in [0.2, 0.25) is 0 Å². The molecule has 0 bridgehead atoms. The highest BCUT2D eigenvalue weighted by Crippen LogP contribution is 2.19. The second kappa shape index (κ2) is 8.14. The van der Waals surface area contributed by atoms with Crippen LogP contribution in [0.2, 0.25) is 0 Å². The Morgan fingerprint density at radius 2 is 1.71 bits per heavy atom. The van der Waals surface area contributed by atoms with Crippen LogP contribution in [0.3, 0.4) is 0 Å². The maximum absolute atomic E-state index is 12.9.